The molecule has 0 unspecified atom stereocenters. The Morgan fingerprint density at radius 2 is 1.65 bits per heavy atom. The average Bonchev–Trinajstić information content (AvgIpc) is 3.29. The number of benzene rings is 2. The number of nitrogens with zero attached hydrogens (tertiary/aromatic N) is 1. The molecule has 0 aliphatic heterocycles. The van der Waals surface area contributed by atoms with Gasteiger partial charge in [0.1, 0.15) is 11.0 Å². The lowest BCUT2D eigenvalue weighted by atomic mass is 10.0. The Bertz CT molecular complexity index is 1170. The summed E-state index contributed by atoms with van der Waals surface area (Å²) in [5, 5.41) is 8.58. The van der Waals surface area contributed by atoms with E-state index < -0.39 is 23.0 Å². The first kappa shape index (κ1) is 25.4. The summed E-state index contributed by atoms with van der Waals surface area (Å²) >= 11 is 1.48. The van der Waals surface area contributed by atoms with Crippen molar-refractivity contribution in [3.8, 4) is 0 Å². The zero-order valence-electron chi connectivity index (χ0n) is 19.0. The third-order valence-electron chi connectivity index (χ3n) is 5.14. The summed E-state index contributed by atoms with van der Waals surface area (Å²) < 4.78 is 24.1. The summed E-state index contributed by atoms with van der Waals surface area (Å²) in [5.74, 6) is -0.575. The highest BCUT2D eigenvalue weighted by molar-refractivity contribution is 7.73. The molecule has 10 heteroatoms. The average molecular weight is 501 g/mol. The molecule has 0 radical (unpaired) electrons. The van der Waals surface area contributed by atoms with E-state index in [1.54, 1.807) is 12.1 Å². The molecule has 0 fully saturated rings. The number of hydrogen-bond donors (Lipinski definition) is 4. The Morgan fingerprint density at radius 3 is 2.24 bits per heavy atom. The van der Waals surface area contributed by atoms with Gasteiger partial charge in [-0.15, -0.1) is 11.3 Å². The lowest BCUT2D eigenvalue weighted by molar-refractivity contribution is -0.128. The monoisotopic (exact) mass is 500 g/mol. The van der Waals surface area contributed by atoms with E-state index in [9.17, 15) is 18.0 Å². The quantitative estimate of drug-likeness (QED) is 0.302. The third-order valence-corrected chi connectivity index (χ3v) is 6.59. The maximum Gasteiger partial charge on any atom is 0.243 e. The number of aryl methyl sites for hydroxylation is 1. The van der Waals surface area contributed by atoms with Gasteiger partial charge in [-0.3, -0.25) is 14.3 Å². The highest BCUT2D eigenvalue weighted by Gasteiger charge is 2.25. The normalized spacial score (nSPS) is 12.7. The van der Waals surface area contributed by atoms with Gasteiger partial charge in [-0.05, 0) is 36.1 Å². The number of nitrogens with one attached hydrogen (secondary N) is 3. The molecule has 0 aliphatic carbocycles. The molecule has 8 nitrogen and oxygen atoms in total. The Morgan fingerprint density at radius 1 is 0.971 bits per heavy atom. The van der Waals surface area contributed by atoms with Gasteiger partial charge in [0, 0.05) is 24.4 Å². The Balaban J connectivity index is 1.81. The number of aromatic nitrogens is 1. The van der Waals surface area contributed by atoms with Crippen LogP contribution in [0.3, 0.4) is 0 Å². The fourth-order valence-electron chi connectivity index (χ4n) is 3.48. The largest absolute Gasteiger partial charge is 0.345 e. The lowest BCUT2D eigenvalue weighted by Gasteiger charge is -2.22. The smallest absolute Gasteiger partial charge is 0.243 e. The summed E-state index contributed by atoms with van der Waals surface area (Å²) in [6, 6.07) is 15.4. The van der Waals surface area contributed by atoms with E-state index in [-0.39, 0.29) is 11.8 Å². The summed E-state index contributed by atoms with van der Waals surface area (Å²) in [6.07, 6.45) is 1.61. The fourth-order valence-corrected chi connectivity index (χ4v) is 4.79. The Kier molecular flexibility index (Phi) is 9.17. The van der Waals surface area contributed by atoms with Gasteiger partial charge < -0.3 is 10.6 Å². The van der Waals surface area contributed by atoms with Crippen molar-refractivity contribution < 1.29 is 18.0 Å². The van der Waals surface area contributed by atoms with E-state index in [4.69, 9.17) is 0 Å². The molecule has 0 saturated heterocycles. The van der Waals surface area contributed by atoms with Crippen molar-refractivity contribution in [1.82, 2.24) is 15.6 Å². The van der Waals surface area contributed by atoms with Crippen LogP contribution in [0.2, 0.25) is 0 Å². The predicted octanol–water partition coefficient (Wildman–Crippen LogP) is 2.79. The van der Waals surface area contributed by atoms with Gasteiger partial charge in [-0.1, -0.05) is 49.4 Å². The van der Waals surface area contributed by atoms with Crippen LogP contribution in [-0.2, 0) is 39.7 Å². The first-order chi connectivity index (χ1) is 16.3. The van der Waals surface area contributed by atoms with Crippen LogP contribution < -0.4 is 15.4 Å². The van der Waals surface area contributed by atoms with E-state index >= 15 is 0 Å². The van der Waals surface area contributed by atoms with E-state index in [0.717, 1.165) is 28.2 Å². The van der Waals surface area contributed by atoms with Gasteiger partial charge in [-0.25, -0.2) is 13.4 Å². The van der Waals surface area contributed by atoms with Gasteiger partial charge in [0.05, 0.1) is 11.7 Å². The highest BCUT2D eigenvalue weighted by atomic mass is 32.2. The molecule has 0 spiro atoms. The molecule has 1 heterocycles. The van der Waals surface area contributed by atoms with Crippen molar-refractivity contribution in [2.75, 3.05) is 4.72 Å². The molecule has 0 aliphatic rings. The molecular weight excluding hydrogens is 472 g/mol. The molecule has 2 atom stereocenters. The minimum absolute atomic E-state index is 0.282. The van der Waals surface area contributed by atoms with Crippen LogP contribution >= 0.6 is 11.3 Å². The fraction of sp³-hybridized carbons (Fsp3) is 0.292. The molecule has 3 rings (SSSR count). The number of thiol groups is 1. The second-order valence-corrected chi connectivity index (χ2v) is 9.43. The van der Waals surface area contributed by atoms with Crippen LogP contribution in [0.1, 0.15) is 41.7 Å². The summed E-state index contributed by atoms with van der Waals surface area (Å²) in [6.45, 7) is 3.41. The molecule has 0 saturated carbocycles. The van der Waals surface area contributed by atoms with Gasteiger partial charge in [0.15, 0.2) is 0 Å². The Hall–Kier alpha value is -3.24. The van der Waals surface area contributed by atoms with Gasteiger partial charge >= 0.3 is 0 Å². The number of carbonyl (C=O) groups is 2. The summed E-state index contributed by atoms with van der Waals surface area (Å²) in [5.41, 5.74) is 3.26. The van der Waals surface area contributed by atoms with Gasteiger partial charge in [0.2, 0.25) is 22.7 Å². The highest BCUT2D eigenvalue weighted by Crippen LogP contribution is 2.24. The summed E-state index contributed by atoms with van der Waals surface area (Å²) in [4.78, 5) is 29.7. The van der Waals surface area contributed by atoms with E-state index in [0.29, 0.717) is 18.5 Å². The molecule has 2 amide bonds. The number of anilines is 1. The molecule has 1 aromatic heterocycles. The maximum atomic E-state index is 13.3. The SMILES string of the molecule is CCc1csc([C@H](Cc2ccc(N[SH](=O)=O)cc2)NC(=O)[C@H](Cc2ccccc2)NC(C)=O)n1. The summed E-state index contributed by atoms with van der Waals surface area (Å²) in [7, 11) is -2.74. The van der Waals surface area contributed by atoms with Crippen molar-refractivity contribution in [2.24, 2.45) is 0 Å². The van der Waals surface area contributed by atoms with Crippen LogP contribution in [0.25, 0.3) is 0 Å². The zero-order chi connectivity index (χ0) is 24.5. The van der Waals surface area contributed by atoms with Crippen LogP contribution in [0.15, 0.2) is 60.0 Å². The van der Waals surface area contributed by atoms with Crippen molar-refractivity contribution in [3.63, 3.8) is 0 Å². The molecule has 3 N–H and O–H groups in total. The second kappa shape index (κ2) is 12.3. The van der Waals surface area contributed by atoms with E-state index in [2.05, 4.69) is 20.3 Å². The first-order valence-electron chi connectivity index (χ1n) is 10.9. The molecule has 0 bridgehead atoms. The van der Waals surface area contributed by atoms with Gasteiger partial charge in [0.25, 0.3) is 0 Å². The molecular formula is C24H28N4O4S2. The third kappa shape index (κ3) is 7.67. The first-order valence-corrected chi connectivity index (χ1v) is 13.0. The standard InChI is InChI=1S/C24H28N4O4S2/c1-3-19-15-33-24(26-19)22(14-18-9-11-20(12-10-18)28-34(31)32)27-23(30)21(25-16(2)29)13-17-7-5-4-6-8-17/h4-12,15,21-22,34H,3,13-14H2,1-2H3,(H,25,29)(H,27,30)(H,28,31,32)/t21-,22-/m0/s1. The molecule has 34 heavy (non-hydrogen) atoms. The minimum atomic E-state index is -2.74. The topological polar surface area (TPSA) is 117 Å². The van der Waals surface area contributed by atoms with Crippen LogP contribution in [-0.4, -0.2) is 31.3 Å². The zero-order valence-corrected chi connectivity index (χ0v) is 20.7. The van der Waals surface area contributed by atoms with Gasteiger partial charge in [-0.2, -0.15) is 0 Å². The maximum absolute atomic E-state index is 13.3. The second-order valence-electron chi connectivity index (χ2n) is 7.80. The van der Waals surface area contributed by atoms with Crippen molar-refractivity contribution in [2.45, 2.75) is 45.2 Å². The molecule has 180 valence electrons. The Labute approximate surface area is 204 Å². The molecule has 3 aromatic rings. The van der Waals surface area contributed by atoms with Crippen LogP contribution in [0.5, 0.6) is 0 Å². The number of thiazole rings is 1. The number of rotatable bonds is 11. The van der Waals surface area contributed by atoms with Crippen molar-refractivity contribution >= 4 is 39.7 Å². The van der Waals surface area contributed by atoms with Crippen LogP contribution in [0.4, 0.5) is 5.69 Å². The van der Waals surface area contributed by atoms with Crippen LogP contribution in [0, 0.1) is 0 Å². The minimum Gasteiger partial charge on any atom is -0.345 e. The predicted molar refractivity (Wildman–Crippen MR) is 134 cm³/mol. The number of hydrogen-bond acceptors (Lipinski definition) is 6. The molecule has 2 aromatic carbocycles. The lowest BCUT2D eigenvalue weighted by Crippen LogP contribution is -2.48. The van der Waals surface area contributed by atoms with Crippen molar-refractivity contribution in [3.05, 3.63) is 81.8 Å². The van der Waals surface area contributed by atoms with Crippen molar-refractivity contribution in [1.29, 1.82) is 0 Å². The number of amides is 2. The van der Waals surface area contributed by atoms with E-state index in [1.807, 2.05) is 54.8 Å². The van der Waals surface area contributed by atoms with E-state index in [1.165, 1.54) is 18.3 Å². The number of carbonyl (C=O) groups excluding carboxylic acids is 2.